The Kier molecular flexibility index (Phi) is 4.11. The van der Waals surface area contributed by atoms with E-state index in [4.69, 9.17) is 5.26 Å². The zero-order valence-corrected chi connectivity index (χ0v) is 12.3. The highest BCUT2D eigenvalue weighted by molar-refractivity contribution is 8.14. The lowest BCUT2D eigenvalue weighted by Crippen LogP contribution is -2.34. The molecule has 0 spiro atoms. The molecule has 1 aromatic carbocycles. The molecule has 21 heavy (non-hydrogen) atoms. The Labute approximate surface area is 128 Å². The van der Waals surface area contributed by atoms with E-state index >= 15 is 0 Å². The molecule has 108 valence electrons. The molecule has 1 fully saturated rings. The van der Waals surface area contributed by atoms with E-state index in [0.29, 0.717) is 24.8 Å². The lowest BCUT2D eigenvalue weighted by molar-refractivity contribution is -0.123. The second-order valence-corrected chi connectivity index (χ2v) is 6.38. The van der Waals surface area contributed by atoms with Gasteiger partial charge in [-0.3, -0.25) is 9.79 Å². The molecule has 2 aliphatic rings. The minimum Gasteiger partial charge on any atom is -0.310 e. The summed E-state index contributed by atoms with van der Waals surface area (Å²) in [5.74, 6) is -0.128. The van der Waals surface area contributed by atoms with Crippen molar-refractivity contribution in [1.29, 1.82) is 5.26 Å². The molecule has 0 saturated carbocycles. The fourth-order valence-electron chi connectivity index (χ4n) is 2.56. The van der Waals surface area contributed by atoms with E-state index in [1.807, 2.05) is 18.2 Å². The summed E-state index contributed by atoms with van der Waals surface area (Å²) in [5, 5.41) is 12.7. The van der Waals surface area contributed by atoms with Crippen molar-refractivity contribution in [3.63, 3.8) is 0 Å². The SMILES string of the molecule is N#CN1CCC(C(=O)NC2=NCC(c3ccccc3)S2)C1. The number of amidine groups is 1. The number of carbonyl (C=O) groups excluding carboxylic acids is 1. The summed E-state index contributed by atoms with van der Waals surface area (Å²) in [6, 6.07) is 10.2. The van der Waals surface area contributed by atoms with Gasteiger partial charge in [0.25, 0.3) is 0 Å². The van der Waals surface area contributed by atoms with E-state index in [0.717, 1.165) is 6.42 Å². The number of amides is 1. The summed E-state index contributed by atoms with van der Waals surface area (Å²) in [6.07, 6.45) is 2.82. The number of rotatable bonds is 2. The van der Waals surface area contributed by atoms with E-state index in [1.165, 1.54) is 5.56 Å². The van der Waals surface area contributed by atoms with Gasteiger partial charge in [0.1, 0.15) is 0 Å². The molecule has 2 aliphatic heterocycles. The molecule has 1 saturated heterocycles. The van der Waals surface area contributed by atoms with Crippen LogP contribution >= 0.6 is 11.8 Å². The topological polar surface area (TPSA) is 68.5 Å². The lowest BCUT2D eigenvalue weighted by Gasteiger charge is -2.11. The molecule has 1 N–H and O–H groups in total. The van der Waals surface area contributed by atoms with Gasteiger partial charge in [-0.2, -0.15) is 5.26 Å². The third-order valence-electron chi connectivity index (χ3n) is 3.76. The number of carbonyl (C=O) groups is 1. The zero-order chi connectivity index (χ0) is 14.7. The van der Waals surface area contributed by atoms with Gasteiger partial charge >= 0.3 is 0 Å². The van der Waals surface area contributed by atoms with Crippen molar-refractivity contribution in [2.24, 2.45) is 10.9 Å². The number of likely N-dealkylation sites (tertiary alicyclic amines) is 1. The first kappa shape index (κ1) is 14.0. The second kappa shape index (κ2) is 6.19. The molecule has 2 heterocycles. The second-order valence-electron chi connectivity index (χ2n) is 5.18. The maximum absolute atomic E-state index is 12.2. The molecule has 0 radical (unpaired) electrons. The van der Waals surface area contributed by atoms with Gasteiger partial charge in [-0.1, -0.05) is 42.1 Å². The number of nitriles is 1. The van der Waals surface area contributed by atoms with Crippen LogP contribution < -0.4 is 5.32 Å². The van der Waals surface area contributed by atoms with E-state index < -0.39 is 0 Å². The Hall–Kier alpha value is -2.00. The number of nitrogens with one attached hydrogen (secondary N) is 1. The van der Waals surface area contributed by atoms with Gasteiger partial charge in [0, 0.05) is 13.1 Å². The lowest BCUT2D eigenvalue weighted by atomic mass is 10.1. The number of hydrogen-bond donors (Lipinski definition) is 1. The maximum Gasteiger partial charge on any atom is 0.230 e. The van der Waals surface area contributed by atoms with E-state index in [1.54, 1.807) is 16.7 Å². The zero-order valence-electron chi connectivity index (χ0n) is 11.5. The summed E-state index contributed by atoms with van der Waals surface area (Å²) < 4.78 is 0. The van der Waals surface area contributed by atoms with Crippen LogP contribution in [0.1, 0.15) is 17.2 Å². The van der Waals surface area contributed by atoms with E-state index in [9.17, 15) is 4.79 Å². The number of nitrogens with zero attached hydrogens (tertiary/aromatic N) is 3. The van der Waals surface area contributed by atoms with Crippen LogP contribution in [0.3, 0.4) is 0 Å². The third-order valence-corrected chi connectivity index (χ3v) is 4.92. The van der Waals surface area contributed by atoms with Gasteiger partial charge in [0.15, 0.2) is 11.4 Å². The quantitative estimate of drug-likeness (QED) is 0.845. The summed E-state index contributed by atoms with van der Waals surface area (Å²) >= 11 is 1.60. The standard InChI is InChI=1S/C15H16N4OS/c16-10-19-7-6-12(9-19)14(20)18-15-17-8-13(21-15)11-4-2-1-3-5-11/h1-5,12-13H,6-9H2,(H,17,18,20). The fourth-order valence-corrected chi connectivity index (χ4v) is 3.58. The summed E-state index contributed by atoms with van der Waals surface area (Å²) in [7, 11) is 0. The summed E-state index contributed by atoms with van der Waals surface area (Å²) in [4.78, 5) is 18.2. The molecule has 5 nitrogen and oxygen atoms in total. The van der Waals surface area contributed by atoms with Crippen molar-refractivity contribution in [1.82, 2.24) is 10.2 Å². The Morgan fingerprint density at radius 3 is 2.95 bits per heavy atom. The molecule has 0 bridgehead atoms. The van der Waals surface area contributed by atoms with Gasteiger partial charge in [-0.05, 0) is 12.0 Å². The highest BCUT2D eigenvalue weighted by atomic mass is 32.2. The Morgan fingerprint density at radius 2 is 2.24 bits per heavy atom. The first-order valence-electron chi connectivity index (χ1n) is 6.98. The predicted octanol–water partition coefficient (Wildman–Crippen LogP) is 1.75. The molecule has 0 aromatic heterocycles. The minimum atomic E-state index is -0.108. The number of hydrogen-bond acceptors (Lipinski definition) is 5. The molecule has 6 heteroatoms. The smallest absolute Gasteiger partial charge is 0.230 e. The van der Waals surface area contributed by atoms with Gasteiger partial charge in [0.05, 0.1) is 17.7 Å². The van der Waals surface area contributed by atoms with Gasteiger partial charge in [-0.15, -0.1) is 0 Å². The van der Waals surface area contributed by atoms with Crippen molar-refractivity contribution in [2.45, 2.75) is 11.7 Å². The van der Waals surface area contributed by atoms with Gasteiger partial charge in [0.2, 0.25) is 5.91 Å². The van der Waals surface area contributed by atoms with Crippen LogP contribution in [0.5, 0.6) is 0 Å². The highest BCUT2D eigenvalue weighted by Crippen LogP contribution is 2.34. The van der Waals surface area contributed by atoms with E-state index in [2.05, 4.69) is 28.6 Å². The predicted molar refractivity (Wildman–Crippen MR) is 82.5 cm³/mol. The average molecular weight is 300 g/mol. The first-order valence-corrected chi connectivity index (χ1v) is 7.86. The van der Waals surface area contributed by atoms with Crippen molar-refractivity contribution in [3.8, 4) is 6.19 Å². The van der Waals surface area contributed by atoms with Crippen LogP contribution in [0.2, 0.25) is 0 Å². The number of thioether (sulfide) groups is 1. The maximum atomic E-state index is 12.2. The molecular weight excluding hydrogens is 284 g/mol. The monoisotopic (exact) mass is 300 g/mol. The van der Waals surface area contributed by atoms with Crippen LogP contribution in [0.4, 0.5) is 0 Å². The molecule has 3 rings (SSSR count). The average Bonchev–Trinajstić information content (AvgIpc) is 3.17. The molecule has 0 aliphatic carbocycles. The first-order chi connectivity index (χ1) is 10.3. The van der Waals surface area contributed by atoms with Crippen molar-refractivity contribution in [2.75, 3.05) is 19.6 Å². The molecule has 1 amide bonds. The summed E-state index contributed by atoms with van der Waals surface area (Å²) in [6.45, 7) is 1.88. The molecule has 2 unspecified atom stereocenters. The molecule has 2 atom stereocenters. The van der Waals surface area contributed by atoms with Crippen LogP contribution in [0.25, 0.3) is 0 Å². The Bertz CT molecular complexity index is 595. The minimum absolute atomic E-state index is 0.0206. The number of benzene rings is 1. The van der Waals surface area contributed by atoms with Crippen LogP contribution in [0, 0.1) is 17.4 Å². The molecular formula is C15H16N4OS. The fraction of sp³-hybridized carbons (Fsp3) is 0.400. The highest BCUT2D eigenvalue weighted by Gasteiger charge is 2.30. The van der Waals surface area contributed by atoms with Crippen molar-refractivity contribution >= 4 is 22.8 Å². The van der Waals surface area contributed by atoms with Gasteiger partial charge in [-0.25, -0.2) is 0 Å². The Morgan fingerprint density at radius 1 is 1.43 bits per heavy atom. The van der Waals surface area contributed by atoms with Crippen LogP contribution in [0.15, 0.2) is 35.3 Å². The molecule has 1 aromatic rings. The van der Waals surface area contributed by atoms with Gasteiger partial charge < -0.3 is 10.2 Å². The third kappa shape index (κ3) is 3.19. The van der Waals surface area contributed by atoms with Crippen molar-refractivity contribution in [3.05, 3.63) is 35.9 Å². The van der Waals surface area contributed by atoms with Crippen molar-refractivity contribution < 1.29 is 4.79 Å². The van der Waals surface area contributed by atoms with Crippen LogP contribution in [-0.2, 0) is 4.79 Å². The van der Waals surface area contributed by atoms with E-state index in [-0.39, 0.29) is 17.1 Å². The Balaban J connectivity index is 1.53. The largest absolute Gasteiger partial charge is 0.310 e. The summed E-state index contributed by atoms with van der Waals surface area (Å²) in [5.41, 5.74) is 1.23. The van der Waals surface area contributed by atoms with Crippen LogP contribution in [-0.4, -0.2) is 35.6 Å². The normalized spacial score (nSPS) is 24.5. The number of aliphatic imine (C=N–C) groups is 1.